The van der Waals surface area contributed by atoms with Crippen LogP contribution in [0.4, 0.5) is 0 Å². The van der Waals surface area contributed by atoms with Crippen molar-refractivity contribution in [3.8, 4) is 11.5 Å². The average molecular weight is 412 g/mol. The number of aromatic hydroxyl groups is 1. The topological polar surface area (TPSA) is 93.1 Å². The van der Waals surface area contributed by atoms with E-state index in [4.69, 9.17) is 9.26 Å². The monoisotopic (exact) mass is 412 g/mol. The van der Waals surface area contributed by atoms with E-state index in [1.807, 2.05) is 26.0 Å². The van der Waals surface area contributed by atoms with Crippen molar-refractivity contribution >= 4 is 23.5 Å². The van der Waals surface area contributed by atoms with Crippen LogP contribution in [0.1, 0.15) is 22.3 Å². The number of benzene rings is 2. The zero-order chi connectivity index (χ0) is 20.4. The van der Waals surface area contributed by atoms with E-state index in [2.05, 4.69) is 6.30 Å². The lowest BCUT2D eigenvalue weighted by atomic mass is 9.96. The second-order valence-electron chi connectivity index (χ2n) is 6.59. The molecule has 2 aromatic carbocycles. The summed E-state index contributed by atoms with van der Waals surface area (Å²) in [5.74, 6) is 0.357. The van der Waals surface area contributed by atoms with E-state index >= 15 is 0 Å². The first-order chi connectivity index (χ1) is 12.4. The molecule has 1 unspecified atom stereocenters. The molecule has 0 fully saturated rings. The minimum Gasteiger partial charge on any atom is -0.507 e. The van der Waals surface area contributed by atoms with Crippen molar-refractivity contribution in [2.75, 3.05) is 19.7 Å². The summed E-state index contributed by atoms with van der Waals surface area (Å²) in [7, 11) is -4.88. The molecule has 0 amide bonds. The molecule has 0 heterocycles. The highest BCUT2D eigenvalue weighted by molar-refractivity contribution is 7.90. The maximum absolute atomic E-state index is 11.8. The molecule has 0 saturated carbocycles. The Balaban J connectivity index is 2.29. The number of hydrogen-bond acceptors (Lipinski definition) is 6. The van der Waals surface area contributed by atoms with Crippen LogP contribution in [-0.2, 0) is 20.8 Å². The SMILES string of the molecule is C=P(O)(COc1cc(C)c(Cc2ccc(O)c(S(C)(=O)=O)c2)c(C)c1)OC. The molecule has 8 heteroatoms. The molecule has 6 nitrogen and oxygen atoms in total. The molecule has 0 radical (unpaired) electrons. The van der Waals surface area contributed by atoms with Crippen LogP contribution in [0.5, 0.6) is 11.5 Å². The Morgan fingerprint density at radius 2 is 1.74 bits per heavy atom. The van der Waals surface area contributed by atoms with Gasteiger partial charge in [0.05, 0.1) is 0 Å². The maximum Gasteiger partial charge on any atom is 0.179 e. The third-order valence-electron chi connectivity index (χ3n) is 4.25. The number of sulfone groups is 1. The fraction of sp³-hybridized carbons (Fsp3) is 0.316. The van der Waals surface area contributed by atoms with Gasteiger partial charge in [-0.15, -0.1) is 0 Å². The predicted octanol–water partition coefficient (Wildman–Crippen LogP) is 3.26. The van der Waals surface area contributed by atoms with Gasteiger partial charge in [-0.05, 0) is 73.1 Å². The van der Waals surface area contributed by atoms with Gasteiger partial charge in [0.1, 0.15) is 16.4 Å². The van der Waals surface area contributed by atoms with E-state index in [-0.39, 0.29) is 17.0 Å². The molecule has 0 aliphatic carbocycles. The first-order valence-electron chi connectivity index (χ1n) is 8.19. The van der Waals surface area contributed by atoms with Crippen molar-refractivity contribution in [2.24, 2.45) is 0 Å². The van der Waals surface area contributed by atoms with Gasteiger partial charge < -0.3 is 19.3 Å². The zero-order valence-electron chi connectivity index (χ0n) is 15.9. The summed E-state index contributed by atoms with van der Waals surface area (Å²) >= 11 is 0. The van der Waals surface area contributed by atoms with Gasteiger partial charge in [0.25, 0.3) is 0 Å². The first kappa shape index (κ1) is 21.5. The van der Waals surface area contributed by atoms with Crippen LogP contribution in [0.3, 0.4) is 0 Å². The van der Waals surface area contributed by atoms with E-state index in [0.717, 1.165) is 28.5 Å². The molecule has 0 saturated heterocycles. The van der Waals surface area contributed by atoms with Crippen LogP contribution < -0.4 is 4.74 Å². The standard InChI is InChI=1S/C19H25O6PS/c1-13-8-16(25-12-26(4,21)24-3)9-14(2)17(13)10-15-6-7-18(20)19(11-15)27(5,22)23/h6-9,11,20-21H,4,10,12H2,1-3,5H3. The molecule has 0 bridgehead atoms. The van der Waals surface area contributed by atoms with Gasteiger partial charge in [-0.1, -0.05) is 6.07 Å². The molecule has 27 heavy (non-hydrogen) atoms. The summed E-state index contributed by atoms with van der Waals surface area (Å²) in [5, 5.41) is 9.80. The second kappa shape index (κ2) is 8.07. The van der Waals surface area contributed by atoms with E-state index in [9.17, 15) is 18.4 Å². The Labute approximate surface area is 160 Å². The maximum atomic E-state index is 11.8. The lowest BCUT2D eigenvalue weighted by Crippen LogP contribution is -2.03. The van der Waals surface area contributed by atoms with Crippen LogP contribution >= 0.6 is 7.34 Å². The summed E-state index contributed by atoms with van der Waals surface area (Å²) in [6, 6.07) is 8.32. The lowest BCUT2D eigenvalue weighted by Gasteiger charge is -2.18. The quantitative estimate of drug-likeness (QED) is 0.678. The molecule has 2 aromatic rings. The third kappa shape index (κ3) is 5.59. The number of hydrogen-bond donors (Lipinski definition) is 2. The third-order valence-corrected chi connectivity index (χ3v) is 6.59. The van der Waals surface area contributed by atoms with Gasteiger partial charge in [0, 0.05) is 13.4 Å². The average Bonchev–Trinajstić information content (AvgIpc) is 2.57. The number of rotatable bonds is 7. The van der Waals surface area contributed by atoms with Crippen molar-refractivity contribution in [2.45, 2.75) is 25.2 Å². The van der Waals surface area contributed by atoms with Gasteiger partial charge >= 0.3 is 0 Å². The highest BCUT2D eigenvalue weighted by atomic mass is 32.2. The number of phenolic OH excluding ortho intramolecular Hbond substituents is 1. The number of phenols is 1. The summed E-state index contributed by atoms with van der Waals surface area (Å²) in [6.07, 6.45) is 5.19. The second-order valence-corrected chi connectivity index (χ2v) is 10.9. The fourth-order valence-electron chi connectivity index (χ4n) is 2.71. The van der Waals surface area contributed by atoms with Gasteiger partial charge in [0.2, 0.25) is 0 Å². The van der Waals surface area contributed by atoms with Gasteiger partial charge in [-0.25, -0.2) is 8.42 Å². The lowest BCUT2D eigenvalue weighted by molar-refractivity contribution is 0.317. The molecule has 2 N–H and O–H groups in total. The van der Waals surface area contributed by atoms with Crippen molar-refractivity contribution < 1.29 is 27.7 Å². The summed E-state index contributed by atoms with van der Waals surface area (Å²) in [6.45, 7) is 3.88. The van der Waals surface area contributed by atoms with E-state index < -0.39 is 17.2 Å². The molecule has 0 aliphatic rings. The predicted molar refractivity (Wildman–Crippen MR) is 109 cm³/mol. The summed E-state index contributed by atoms with van der Waals surface area (Å²) < 4.78 is 34.1. The normalized spacial score (nSPS) is 14.0. The smallest absolute Gasteiger partial charge is 0.179 e. The van der Waals surface area contributed by atoms with E-state index in [1.165, 1.54) is 19.2 Å². The van der Waals surface area contributed by atoms with Crippen LogP contribution in [0.15, 0.2) is 35.2 Å². The van der Waals surface area contributed by atoms with Crippen LogP contribution in [0.2, 0.25) is 0 Å². The highest BCUT2D eigenvalue weighted by Crippen LogP contribution is 2.40. The highest BCUT2D eigenvalue weighted by Gasteiger charge is 2.15. The van der Waals surface area contributed by atoms with Crippen LogP contribution in [0.25, 0.3) is 0 Å². The fourth-order valence-corrected chi connectivity index (χ4v) is 3.98. The molecule has 1 atom stereocenters. The minimum atomic E-state index is -3.51. The Morgan fingerprint density at radius 1 is 1.15 bits per heavy atom. The van der Waals surface area contributed by atoms with Crippen molar-refractivity contribution in [3.05, 3.63) is 52.6 Å². The zero-order valence-corrected chi connectivity index (χ0v) is 17.6. The molecule has 0 spiro atoms. The minimum absolute atomic E-state index is 0.00257. The molecule has 148 valence electrons. The van der Waals surface area contributed by atoms with Gasteiger partial charge in [-0.2, -0.15) is 0 Å². The largest absolute Gasteiger partial charge is 0.507 e. The molecule has 0 aliphatic heterocycles. The van der Waals surface area contributed by atoms with Gasteiger partial charge in [-0.3, -0.25) is 0 Å². The summed E-state index contributed by atoms with van der Waals surface area (Å²) in [5.41, 5.74) is 3.77. The number of aryl methyl sites for hydroxylation is 2. The first-order valence-corrected chi connectivity index (χ1v) is 12.1. The Kier molecular flexibility index (Phi) is 6.43. The molecular formula is C19H25O6PS. The summed E-state index contributed by atoms with van der Waals surface area (Å²) in [4.78, 5) is 9.79. The molecule has 0 aromatic heterocycles. The molecule has 2 rings (SSSR count). The molecular weight excluding hydrogens is 387 g/mol. The van der Waals surface area contributed by atoms with Crippen LogP contribution in [-0.4, -0.2) is 44.4 Å². The van der Waals surface area contributed by atoms with Gasteiger partial charge in [0.15, 0.2) is 23.5 Å². The van der Waals surface area contributed by atoms with Crippen LogP contribution in [0, 0.1) is 13.8 Å². The van der Waals surface area contributed by atoms with Crippen molar-refractivity contribution in [3.63, 3.8) is 0 Å². The van der Waals surface area contributed by atoms with Crippen molar-refractivity contribution in [1.82, 2.24) is 0 Å². The number of ether oxygens (including phenoxy) is 1. The Morgan fingerprint density at radius 3 is 2.26 bits per heavy atom. The Hall–Kier alpha value is -1.79. The Bertz CT molecular complexity index is 974. The van der Waals surface area contributed by atoms with E-state index in [0.29, 0.717) is 12.2 Å². The van der Waals surface area contributed by atoms with E-state index in [1.54, 1.807) is 6.07 Å². The van der Waals surface area contributed by atoms with Crippen molar-refractivity contribution in [1.29, 1.82) is 0 Å².